The molecule has 0 bridgehead atoms. The number of hydrogen-bond donors (Lipinski definition) is 2. The third kappa shape index (κ3) is 5.23. The van der Waals surface area contributed by atoms with Crippen molar-refractivity contribution >= 4 is 23.3 Å². The van der Waals surface area contributed by atoms with Gasteiger partial charge in [0, 0.05) is 30.6 Å². The molecule has 0 radical (unpaired) electrons. The molecule has 1 aromatic heterocycles. The maximum Gasteiger partial charge on any atom is 0.254 e. The van der Waals surface area contributed by atoms with Crippen molar-refractivity contribution in [3.63, 3.8) is 0 Å². The number of pyridine rings is 1. The normalized spacial score (nSPS) is 12.7. The molecule has 128 valence electrons. The number of fused-ring (bicyclic) bond motifs is 1. The lowest BCUT2D eigenvalue weighted by Crippen LogP contribution is -2.42. The maximum atomic E-state index is 12.0. The Balaban J connectivity index is 0.00000264. The first-order valence-corrected chi connectivity index (χ1v) is 7.42. The van der Waals surface area contributed by atoms with Gasteiger partial charge in [0.2, 0.25) is 0 Å². The number of benzene rings is 1. The highest BCUT2D eigenvalue weighted by molar-refractivity contribution is 5.85. The third-order valence-corrected chi connectivity index (χ3v) is 3.42. The molecule has 0 spiro atoms. The first-order chi connectivity index (χ1) is 10.3. The zero-order valence-electron chi connectivity index (χ0n) is 14.0. The Labute approximate surface area is 142 Å². The molecule has 1 aromatic carbocycles. The second-order valence-electron chi connectivity index (χ2n) is 6.52. The largest absolute Gasteiger partial charge is 0.490 e. The number of hydrogen-bond acceptors (Lipinski definition) is 4. The molecule has 1 unspecified atom stereocenters. The van der Waals surface area contributed by atoms with Crippen LogP contribution in [0.25, 0.3) is 10.9 Å². The van der Waals surface area contributed by atoms with E-state index < -0.39 is 6.10 Å². The topological polar surface area (TPSA) is 63.5 Å². The minimum absolute atomic E-state index is 0. The average Bonchev–Trinajstić information content (AvgIpc) is 2.47. The molecule has 5 nitrogen and oxygen atoms in total. The van der Waals surface area contributed by atoms with Crippen LogP contribution < -0.4 is 15.6 Å². The third-order valence-electron chi connectivity index (χ3n) is 3.42. The molecule has 6 heteroatoms. The summed E-state index contributed by atoms with van der Waals surface area (Å²) in [5.41, 5.74) is 0.624. The van der Waals surface area contributed by atoms with Crippen LogP contribution in [0.5, 0.6) is 5.75 Å². The lowest BCUT2D eigenvalue weighted by atomic mass is 10.1. The summed E-state index contributed by atoms with van der Waals surface area (Å²) in [6.07, 6.45) is -0.637. The smallest absolute Gasteiger partial charge is 0.254 e. The lowest BCUT2D eigenvalue weighted by Gasteiger charge is -2.23. The molecule has 0 aliphatic heterocycles. The number of ether oxygens (including phenoxy) is 1. The summed E-state index contributed by atoms with van der Waals surface area (Å²) in [7, 11) is 1.73. The predicted octanol–water partition coefficient (Wildman–Crippen LogP) is 2.09. The van der Waals surface area contributed by atoms with Crippen LogP contribution in [0, 0.1) is 0 Å². The number of rotatable bonds is 5. The molecule has 0 fully saturated rings. The van der Waals surface area contributed by atoms with Gasteiger partial charge in [-0.25, -0.2) is 0 Å². The summed E-state index contributed by atoms with van der Waals surface area (Å²) < 4.78 is 7.26. The number of aromatic nitrogens is 1. The summed E-state index contributed by atoms with van der Waals surface area (Å²) >= 11 is 0. The highest BCUT2D eigenvalue weighted by Crippen LogP contribution is 2.23. The minimum Gasteiger partial charge on any atom is -0.490 e. The van der Waals surface area contributed by atoms with Crippen LogP contribution >= 0.6 is 12.4 Å². The Hall–Kier alpha value is -1.56. The molecule has 0 aliphatic carbocycles. The first-order valence-electron chi connectivity index (χ1n) is 7.42. The summed E-state index contributed by atoms with van der Waals surface area (Å²) in [5, 5.41) is 14.1. The quantitative estimate of drug-likeness (QED) is 0.874. The molecule has 0 amide bonds. The van der Waals surface area contributed by atoms with Gasteiger partial charge in [0.15, 0.2) is 0 Å². The zero-order chi connectivity index (χ0) is 16.3. The molecule has 0 saturated carbocycles. The predicted molar refractivity (Wildman–Crippen MR) is 95.7 cm³/mol. The second-order valence-corrected chi connectivity index (χ2v) is 6.52. The van der Waals surface area contributed by atoms with Gasteiger partial charge in [-0.3, -0.25) is 4.79 Å². The fourth-order valence-electron chi connectivity index (χ4n) is 2.17. The van der Waals surface area contributed by atoms with E-state index in [0.717, 1.165) is 10.9 Å². The maximum absolute atomic E-state index is 12.0. The number of aliphatic hydroxyl groups is 1. The van der Waals surface area contributed by atoms with Gasteiger partial charge in [-0.15, -0.1) is 12.4 Å². The van der Waals surface area contributed by atoms with E-state index in [1.807, 2.05) is 45.0 Å². The minimum atomic E-state index is -0.637. The molecule has 2 N–H and O–H groups in total. The highest BCUT2D eigenvalue weighted by atomic mass is 35.5. The van der Waals surface area contributed by atoms with E-state index in [4.69, 9.17) is 4.74 Å². The van der Waals surface area contributed by atoms with Crippen LogP contribution in [0.15, 0.2) is 35.1 Å². The van der Waals surface area contributed by atoms with Gasteiger partial charge in [-0.1, -0.05) is 12.1 Å². The number of nitrogens with one attached hydrogen (secondary N) is 1. The van der Waals surface area contributed by atoms with Gasteiger partial charge in [-0.2, -0.15) is 0 Å². The molecule has 1 atom stereocenters. The van der Waals surface area contributed by atoms with E-state index in [-0.39, 0.29) is 30.1 Å². The highest BCUT2D eigenvalue weighted by Gasteiger charge is 2.14. The Morgan fingerprint density at radius 3 is 2.61 bits per heavy atom. The summed E-state index contributed by atoms with van der Waals surface area (Å²) in [5.74, 6) is 0.508. The van der Waals surface area contributed by atoms with Crippen molar-refractivity contribution < 1.29 is 9.84 Å². The van der Waals surface area contributed by atoms with E-state index in [0.29, 0.717) is 12.3 Å². The van der Waals surface area contributed by atoms with Crippen LogP contribution in [-0.4, -0.2) is 34.5 Å². The standard InChI is InChI=1S/C17H24N2O3.ClH/c1-17(2,3)18-10-12(20)11-22-15-9-16(21)19(4)14-8-6-5-7-13(14)15;/h5-9,12,18,20H,10-11H2,1-4H3;1H. The lowest BCUT2D eigenvalue weighted by molar-refractivity contribution is 0.101. The Morgan fingerprint density at radius 2 is 1.96 bits per heavy atom. The Morgan fingerprint density at radius 1 is 1.30 bits per heavy atom. The molecular formula is C17H25ClN2O3. The zero-order valence-corrected chi connectivity index (χ0v) is 14.8. The van der Waals surface area contributed by atoms with Crippen LogP contribution in [0.2, 0.25) is 0 Å². The monoisotopic (exact) mass is 340 g/mol. The fraction of sp³-hybridized carbons (Fsp3) is 0.471. The Bertz CT molecular complexity index is 707. The van der Waals surface area contributed by atoms with E-state index in [1.54, 1.807) is 11.6 Å². The molecule has 0 saturated heterocycles. The molecule has 2 rings (SSSR count). The molecular weight excluding hydrogens is 316 g/mol. The Kier molecular flexibility index (Phi) is 6.62. The number of nitrogens with zero attached hydrogens (tertiary/aromatic N) is 1. The van der Waals surface area contributed by atoms with E-state index in [9.17, 15) is 9.90 Å². The van der Waals surface area contributed by atoms with Gasteiger partial charge < -0.3 is 19.7 Å². The van der Waals surface area contributed by atoms with Crippen molar-refractivity contribution in [1.82, 2.24) is 9.88 Å². The van der Waals surface area contributed by atoms with Gasteiger partial charge in [-0.05, 0) is 32.9 Å². The van der Waals surface area contributed by atoms with Crippen molar-refractivity contribution in [3.8, 4) is 5.75 Å². The van der Waals surface area contributed by atoms with Crippen LogP contribution in [-0.2, 0) is 7.05 Å². The van der Waals surface area contributed by atoms with Gasteiger partial charge in [0.05, 0.1) is 5.52 Å². The van der Waals surface area contributed by atoms with Crippen molar-refractivity contribution in [3.05, 3.63) is 40.7 Å². The van der Waals surface area contributed by atoms with Gasteiger partial charge in [0.25, 0.3) is 5.56 Å². The van der Waals surface area contributed by atoms with Crippen molar-refractivity contribution in [2.75, 3.05) is 13.2 Å². The molecule has 0 aliphatic rings. The summed E-state index contributed by atoms with van der Waals surface area (Å²) in [4.78, 5) is 12.0. The molecule has 23 heavy (non-hydrogen) atoms. The molecule has 1 heterocycles. The second kappa shape index (κ2) is 7.81. The first kappa shape index (κ1) is 19.5. The van der Waals surface area contributed by atoms with E-state index >= 15 is 0 Å². The molecule has 2 aromatic rings. The van der Waals surface area contributed by atoms with Gasteiger partial charge >= 0.3 is 0 Å². The summed E-state index contributed by atoms with van der Waals surface area (Å²) in [6, 6.07) is 9.03. The van der Waals surface area contributed by atoms with E-state index in [1.165, 1.54) is 6.07 Å². The number of aliphatic hydroxyl groups excluding tert-OH is 1. The summed E-state index contributed by atoms with van der Waals surface area (Å²) in [6.45, 7) is 6.69. The van der Waals surface area contributed by atoms with Crippen LogP contribution in [0.3, 0.4) is 0 Å². The number of para-hydroxylation sites is 1. The van der Waals surface area contributed by atoms with Crippen LogP contribution in [0.1, 0.15) is 20.8 Å². The number of aryl methyl sites for hydroxylation is 1. The number of β-amino-alcohol motifs (C(OH)–C–C–N with tert-alkyl or cyclic N) is 1. The SMILES string of the molecule is Cl.Cn1c(=O)cc(OCC(O)CNC(C)(C)C)c2ccccc21. The van der Waals surface area contributed by atoms with Crippen LogP contribution in [0.4, 0.5) is 0 Å². The number of halogens is 1. The van der Waals surface area contributed by atoms with Crippen molar-refractivity contribution in [2.24, 2.45) is 7.05 Å². The van der Waals surface area contributed by atoms with Crippen molar-refractivity contribution in [1.29, 1.82) is 0 Å². The van der Waals surface area contributed by atoms with Gasteiger partial charge in [0.1, 0.15) is 18.5 Å². The van der Waals surface area contributed by atoms with Crippen molar-refractivity contribution in [2.45, 2.75) is 32.4 Å². The average molecular weight is 341 g/mol. The van der Waals surface area contributed by atoms with E-state index in [2.05, 4.69) is 5.32 Å². The fourth-order valence-corrected chi connectivity index (χ4v) is 2.17.